The Bertz CT molecular complexity index is 4100. The fourth-order valence-electron chi connectivity index (χ4n) is 10.6. The van der Waals surface area contributed by atoms with E-state index in [2.05, 4.69) is 220 Å². The molecule has 3 aromatic heterocycles. The summed E-state index contributed by atoms with van der Waals surface area (Å²) >= 11 is 0. The van der Waals surface area contributed by atoms with Crippen molar-refractivity contribution in [2.24, 2.45) is 0 Å². The molecule has 0 saturated carbocycles. The normalized spacial score (nSPS) is 11.6. The van der Waals surface area contributed by atoms with E-state index < -0.39 is 0 Å². The zero-order valence-corrected chi connectivity index (χ0v) is 36.1. The third-order valence-corrected chi connectivity index (χ3v) is 13.5. The highest BCUT2D eigenvalue weighted by Crippen LogP contribution is 2.48. The van der Waals surface area contributed by atoms with Crippen LogP contribution in [0.15, 0.2) is 224 Å². The lowest BCUT2D eigenvalue weighted by Crippen LogP contribution is -2.03. The van der Waals surface area contributed by atoms with Gasteiger partial charge in [0.1, 0.15) is 0 Å². The molecule has 13 aromatic rings. The summed E-state index contributed by atoms with van der Waals surface area (Å²) in [6.07, 6.45) is 0. The van der Waals surface area contributed by atoms with Crippen LogP contribution in [0.1, 0.15) is 11.1 Å². The van der Waals surface area contributed by atoms with E-state index in [1.54, 1.807) is 12.1 Å². The monoisotopic (exact) mass is 851 g/mol. The molecule has 3 heterocycles. The van der Waals surface area contributed by atoms with Gasteiger partial charge in [0.05, 0.1) is 62.1 Å². The molecule has 0 aliphatic rings. The SMILES string of the molecule is N#Cc1ccc(C#N)c(-c2cc(-c3ccccc3)c(-n3c4ccc(-n5c6ccccc6c6ccccc65)cc4c4ccc5c(c6ccccc6n5-c5ccccc5)c43)c(-c3ccccc3)c2)c1. The van der Waals surface area contributed by atoms with Crippen molar-refractivity contribution in [3.8, 4) is 62.6 Å². The van der Waals surface area contributed by atoms with Gasteiger partial charge in [-0.15, -0.1) is 0 Å². The first-order chi connectivity index (χ1) is 33.2. The lowest BCUT2D eigenvalue weighted by atomic mass is 9.89. The molecule has 5 heteroatoms. The second-order valence-corrected chi connectivity index (χ2v) is 17.1. The molecule has 13 rings (SSSR count). The van der Waals surface area contributed by atoms with Gasteiger partial charge in [-0.3, -0.25) is 0 Å². The summed E-state index contributed by atoms with van der Waals surface area (Å²) < 4.78 is 7.30. The summed E-state index contributed by atoms with van der Waals surface area (Å²) in [4.78, 5) is 0. The molecule has 0 unspecified atom stereocenters. The third kappa shape index (κ3) is 5.79. The standard InChI is InChI=1S/C62H37N5/c63-38-40-28-29-43(39-64)51(34-40)44-35-52(41-16-4-1-5-17-41)61(53(36-44)42-18-6-2-7-19-42)67-58-32-30-46(66-55-25-13-10-22-47(55)48-23-11-14-26-56(48)66)37-54(58)49-31-33-59-60(62(49)67)50-24-12-15-27-57(50)65(59)45-20-8-3-9-21-45/h1-37H. The van der Waals surface area contributed by atoms with E-state index in [0.29, 0.717) is 16.7 Å². The minimum absolute atomic E-state index is 0.499. The molecule has 0 aliphatic carbocycles. The Labute approximate surface area is 386 Å². The van der Waals surface area contributed by atoms with Crippen LogP contribution in [-0.2, 0) is 0 Å². The van der Waals surface area contributed by atoms with E-state index in [0.717, 1.165) is 99.5 Å². The number of aromatic nitrogens is 3. The van der Waals surface area contributed by atoms with Crippen LogP contribution in [0.4, 0.5) is 0 Å². The fourth-order valence-corrected chi connectivity index (χ4v) is 10.6. The number of rotatable bonds is 6. The molecule has 0 aliphatic heterocycles. The van der Waals surface area contributed by atoms with Gasteiger partial charge in [0, 0.05) is 60.4 Å². The maximum atomic E-state index is 10.5. The van der Waals surface area contributed by atoms with Crippen molar-refractivity contribution in [2.75, 3.05) is 0 Å². The minimum atomic E-state index is 0.499. The highest BCUT2D eigenvalue weighted by Gasteiger charge is 2.26. The number of hydrogen-bond donors (Lipinski definition) is 0. The second kappa shape index (κ2) is 15.1. The molecule has 0 saturated heterocycles. The Morgan fingerprint density at radius 2 is 0.836 bits per heavy atom. The topological polar surface area (TPSA) is 62.4 Å². The fraction of sp³-hybridized carbons (Fsp3) is 0. The van der Waals surface area contributed by atoms with Crippen molar-refractivity contribution < 1.29 is 0 Å². The predicted molar refractivity (Wildman–Crippen MR) is 275 cm³/mol. The first-order valence-electron chi connectivity index (χ1n) is 22.5. The Hall–Kier alpha value is -9.42. The van der Waals surface area contributed by atoms with E-state index in [9.17, 15) is 10.5 Å². The van der Waals surface area contributed by atoms with Crippen molar-refractivity contribution in [1.82, 2.24) is 13.7 Å². The van der Waals surface area contributed by atoms with Crippen LogP contribution in [0.2, 0.25) is 0 Å². The first kappa shape index (κ1) is 38.1. The summed E-state index contributed by atoms with van der Waals surface area (Å²) in [7, 11) is 0. The minimum Gasteiger partial charge on any atom is -0.309 e. The van der Waals surface area contributed by atoms with Gasteiger partial charge in [-0.05, 0) is 102 Å². The van der Waals surface area contributed by atoms with E-state index in [1.165, 1.54) is 10.8 Å². The molecule has 0 amide bonds. The quantitative estimate of drug-likeness (QED) is 0.167. The number of fused-ring (bicyclic) bond motifs is 10. The van der Waals surface area contributed by atoms with Gasteiger partial charge in [-0.1, -0.05) is 140 Å². The summed E-state index contributed by atoms with van der Waals surface area (Å²) in [5, 5.41) is 27.6. The molecule has 0 fully saturated rings. The van der Waals surface area contributed by atoms with Crippen LogP contribution in [0.25, 0.3) is 116 Å². The number of nitriles is 2. The summed E-state index contributed by atoms with van der Waals surface area (Å²) in [6.45, 7) is 0. The van der Waals surface area contributed by atoms with Crippen molar-refractivity contribution in [2.45, 2.75) is 0 Å². The van der Waals surface area contributed by atoms with Gasteiger partial charge >= 0.3 is 0 Å². The largest absolute Gasteiger partial charge is 0.309 e. The van der Waals surface area contributed by atoms with Gasteiger partial charge in [-0.2, -0.15) is 10.5 Å². The lowest BCUT2D eigenvalue weighted by molar-refractivity contribution is 1.17. The molecule has 0 bridgehead atoms. The zero-order chi connectivity index (χ0) is 44.6. The van der Waals surface area contributed by atoms with Crippen molar-refractivity contribution in [3.63, 3.8) is 0 Å². The molecule has 5 nitrogen and oxygen atoms in total. The Morgan fingerprint density at radius 3 is 1.45 bits per heavy atom. The zero-order valence-electron chi connectivity index (χ0n) is 36.1. The van der Waals surface area contributed by atoms with Crippen molar-refractivity contribution in [1.29, 1.82) is 10.5 Å². The van der Waals surface area contributed by atoms with Crippen LogP contribution in [0.5, 0.6) is 0 Å². The van der Waals surface area contributed by atoms with E-state index in [1.807, 2.05) is 18.2 Å². The summed E-state index contributed by atoms with van der Waals surface area (Å²) in [6, 6.07) is 83.9. The first-order valence-corrected chi connectivity index (χ1v) is 22.5. The van der Waals surface area contributed by atoms with Crippen LogP contribution < -0.4 is 0 Å². The number of para-hydroxylation sites is 4. The maximum absolute atomic E-state index is 10.5. The van der Waals surface area contributed by atoms with Crippen LogP contribution in [0.3, 0.4) is 0 Å². The summed E-state index contributed by atoms with van der Waals surface area (Å²) in [5.74, 6) is 0. The second-order valence-electron chi connectivity index (χ2n) is 17.1. The molecule has 0 atom stereocenters. The molecular weight excluding hydrogens is 815 g/mol. The van der Waals surface area contributed by atoms with Gasteiger partial charge in [0.2, 0.25) is 0 Å². The van der Waals surface area contributed by atoms with E-state index in [-0.39, 0.29) is 0 Å². The van der Waals surface area contributed by atoms with Gasteiger partial charge in [0.25, 0.3) is 0 Å². The van der Waals surface area contributed by atoms with Crippen molar-refractivity contribution in [3.05, 3.63) is 236 Å². The number of nitrogens with zero attached hydrogens (tertiary/aromatic N) is 5. The van der Waals surface area contributed by atoms with Gasteiger partial charge in [0.15, 0.2) is 0 Å². The van der Waals surface area contributed by atoms with Crippen LogP contribution >= 0.6 is 0 Å². The molecule has 67 heavy (non-hydrogen) atoms. The third-order valence-electron chi connectivity index (χ3n) is 13.5. The molecular formula is C62H37N5. The summed E-state index contributed by atoms with van der Waals surface area (Å²) in [5.41, 5.74) is 16.5. The molecule has 0 N–H and O–H groups in total. The van der Waals surface area contributed by atoms with E-state index >= 15 is 0 Å². The average molecular weight is 852 g/mol. The Kier molecular flexibility index (Phi) is 8.58. The molecule has 0 radical (unpaired) electrons. The maximum Gasteiger partial charge on any atom is 0.0998 e. The highest BCUT2D eigenvalue weighted by atomic mass is 15.0. The van der Waals surface area contributed by atoms with Crippen LogP contribution in [-0.4, -0.2) is 13.7 Å². The highest BCUT2D eigenvalue weighted by molar-refractivity contribution is 6.27. The van der Waals surface area contributed by atoms with E-state index in [4.69, 9.17) is 0 Å². The smallest absolute Gasteiger partial charge is 0.0998 e. The Balaban J connectivity index is 1.24. The Morgan fingerprint density at radius 1 is 0.313 bits per heavy atom. The molecule has 0 spiro atoms. The average Bonchev–Trinajstić information content (AvgIpc) is 4.04. The molecule has 310 valence electrons. The van der Waals surface area contributed by atoms with Gasteiger partial charge < -0.3 is 13.7 Å². The van der Waals surface area contributed by atoms with Gasteiger partial charge in [-0.25, -0.2) is 0 Å². The predicted octanol–water partition coefficient (Wildman–Crippen LogP) is 15.7. The number of benzene rings is 10. The lowest BCUT2D eigenvalue weighted by Gasteiger charge is -2.22. The van der Waals surface area contributed by atoms with Crippen LogP contribution in [0, 0.1) is 22.7 Å². The van der Waals surface area contributed by atoms with Crippen molar-refractivity contribution >= 4 is 65.4 Å². The molecule has 10 aromatic carbocycles. The number of hydrogen-bond acceptors (Lipinski definition) is 2.